The van der Waals surface area contributed by atoms with Gasteiger partial charge in [0.15, 0.2) is 0 Å². The molecule has 1 aliphatic heterocycles. The van der Waals surface area contributed by atoms with Crippen LogP contribution in [0.4, 0.5) is 5.69 Å². The largest absolute Gasteiger partial charge is 0.338 e. The molecule has 138 valence electrons. The third-order valence-corrected chi connectivity index (χ3v) is 5.99. The highest BCUT2D eigenvalue weighted by atomic mass is 32.2. The minimum absolute atomic E-state index is 0.0385. The maximum Gasteiger partial charge on any atom is 0.261 e. The number of nitrogens with zero attached hydrogens (tertiary/aromatic N) is 1. The number of nitrogens with one attached hydrogen (secondary N) is 1. The summed E-state index contributed by atoms with van der Waals surface area (Å²) in [6.45, 7) is 5.80. The average molecular weight is 372 g/mol. The zero-order chi connectivity index (χ0) is 18.7. The van der Waals surface area contributed by atoms with E-state index in [9.17, 15) is 13.2 Å². The van der Waals surface area contributed by atoms with E-state index in [0.717, 1.165) is 19.5 Å². The molecule has 0 spiro atoms. The topological polar surface area (TPSA) is 66.5 Å². The van der Waals surface area contributed by atoms with Crippen LogP contribution in [-0.2, 0) is 10.0 Å². The van der Waals surface area contributed by atoms with Crippen LogP contribution in [0.15, 0.2) is 59.5 Å². The number of carbonyl (C=O) groups excluding carboxylic acids is 1. The summed E-state index contributed by atoms with van der Waals surface area (Å²) in [5.41, 5.74) is 1.02. The Morgan fingerprint density at radius 1 is 0.962 bits per heavy atom. The van der Waals surface area contributed by atoms with Gasteiger partial charge < -0.3 is 4.90 Å². The molecular weight excluding hydrogens is 348 g/mol. The third-order valence-electron chi connectivity index (χ3n) is 4.59. The van der Waals surface area contributed by atoms with E-state index in [1.807, 2.05) is 11.0 Å². The molecule has 6 heteroatoms. The molecule has 1 N–H and O–H groups in total. The predicted octanol–water partition coefficient (Wildman–Crippen LogP) is 3.61. The minimum atomic E-state index is -3.67. The summed E-state index contributed by atoms with van der Waals surface area (Å²) in [6, 6.07) is 14.9. The van der Waals surface area contributed by atoms with Gasteiger partial charge in [0, 0.05) is 24.3 Å². The number of benzene rings is 2. The molecule has 1 aliphatic rings. The van der Waals surface area contributed by atoms with Crippen LogP contribution in [-0.4, -0.2) is 32.3 Å². The highest BCUT2D eigenvalue weighted by Crippen LogP contribution is 2.23. The van der Waals surface area contributed by atoms with Crippen LogP contribution in [0.2, 0.25) is 0 Å². The lowest BCUT2D eigenvalue weighted by Gasteiger charge is -2.35. The van der Waals surface area contributed by atoms with Gasteiger partial charge in [-0.1, -0.05) is 32.0 Å². The van der Waals surface area contributed by atoms with Crippen molar-refractivity contribution in [3.63, 3.8) is 0 Å². The van der Waals surface area contributed by atoms with E-state index in [1.54, 1.807) is 36.4 Å². The van der Waals surface area contributed by atoms with Crippen LogP contribution in [0, 0.1) is 11.8 Å². The molecule has 5 nitrogen and oxygen atoms in total. The smallest absolute Gasteiger partial charge is 0.261 e. The molecule has 1 heterocycles. The first kappa shape index (κ1) is 18.5. The first-order chi connectivity index (χ1) is 12.3. The van der Waals surface area contributed by atoms with Gasteiger partial charge in [-0.05, 0) is 54.7 Å². The van der Waals surface area contributed by atoms with E-state index in [2.05, 4.69) is 18.6 Å². The molecule has 0 radical (unpaired) electrons. The second-order valence-corrected chi connectivity index (χ2v) is 8.83. The predicted molar refractivity (Wildman–Crippen MR) is 103 cm³/mol. The van der Waals surface area contributed by atoms with Gasteiger partial charge in [-0.15, -0.1) is 0 Å². The fourth-order valence-electron chi connectivity index (χ4n) is 3.51. The Kier molecular flexibility index (Phi) is 5.32. The number of sulfonamides is 1. The van der Waals surface area contributed by atoms with Gasteiger partial charge in [-0.3, -0.25) is 9.52 Å². The van der Waals surface area contributed by atoms with Crippen molar-refractivity contribution in [1.82, 2.24) is 4.90 Å². The first-order valence-electron chi connectivity index (χ1n) is 8.82. The van der Waals surface area contributed by atoms with Crippen molar-refractivity contribution in [2.75, 3.05) is 17.8 Å². The molecule has 2 unspecified atom stereocenters. The lowest BCUT2D eigenvalue weighted by atomic mass is 9.91. The van der Waals surface area contributed by atoms with Crippen molar-refractivity contribution in [2.24, 2.45) is 11.8 Å². The number of amides is 1. The number of rotatable bonds is 4. The molecule has 0 aromatic heterocycles. The fraction of sp³-hybridized carbons (Fsp3) is 0.350. The summed E-state index contributed by atoms with van der Waals surface area (Å²) in [5, 5.41) is 0. The molecule has 1 fully saturated rings. The number of para-hydroxylation sites is 1. The van der Waals surface area contributed by atoms with Gasteiger partial charge in [0.2, 0.25) is 0 Å². The summed E-state index contributed by atoms with van der Waals surface area (Å²) >= 11 is 0. The number of hydrogen-bond donors (Lipinski definition) is 1. The molecular formula is C20H24N2O3S. The van der Waals surface area contributed by atoms with Crippen LogP contribution in [0.25, 0.3) is 0 Å². The fourth-order valence-corrected chi connectivity index (χ4v) is 4.57. The summed E-state index contributed by atoms with van der Waals surface area (Å²) in [4.78, 5) is 14.7. The van der Waals surface area contributed by atoms with E-state index >= 15 is 0 Å². The van der Waals surface area contributed by atoms with Gasteiger partial charge in [-0.25, -0.2) is 8.42 Å². The third kappa shape index (κ3) is 4.25. The normalized spacial score (nSPS) is 20.6. The molecule has 0 aliphatic carbocycles. The molecule has 2 aromatic carbocycles. The lowest BCUT2D eigenvalue weighted by Crippen LogP contribution is -2.42. The maximum atomic E-state index is 12.7. The zero-order valence-corrected chi connectivity index (χ0v) is 15.9. The van der Waals surface area contributed by atoms with E-state index < -0.39 is 10.0 Å². The number of hydrogen-bond acceptors (Lipinski definition) is 3. The Hall–Kier alpha value is -2.34. The number of carbonyl (C=O) groups is 1. The molecule has 26 heavy (non-hydrogen) atoms. The second-order valence-electron chi connectivity index (χ2n) is 7.15. The quantitative estimate of drug-likeness (QED) is 0.892. The van der Waals surface area contributed by atoms with Gasteiger partial charge in [0.05, 0.1) is 4.90 Å². The standard InChI is InChI=1S/C20H24N2O3S/c1-15-12-16(2)14-22(13-15)20(23)17-8-10-19(11-9-17)26(24,25)21-18-6-4-3-5-7-18/h3-11,15-16,21H,12-14H2,1-2H3. The van der Waals surface area contributed by atoms with Crippen LogP contribution in [0.5, 0.6) is 0 Å². The van der Waals surface area contributed by atoms with Crippen molar-refractivity contribution in [2.45, 2.75) is 25.2 Å². The van der Waals surface area contributed by atoms with Crippen LogP contribution in [0.3, 0.4) is 0 Å². The molecule has 0 bridgehead atoms. The minimum Gasteiger partial charge on any atom is -0.338 e. The van der Waals surface area contributed by atoms with Crippen molar-refractivity contribution < 1.29 is 13.2 Å². The van der Waals surface area contributed by atoms with Crippen LogP contribution >= 0.6 is 0 Å². The SMILES string of the molecule is CC1CC(C)CN(C(=O)c2ccc(S(=O)(=O)Nc3ccccc3)cc2)C1. The second kappa shape index (κ2) is 7.50. The highest BCUT2D eigenvalue weighted by Gasteiger charge is 2.26. The van der Waals surface area contributed by atoms with Crippen molar-refractivity contribution in [3.8, 4) is 0 Å². The summed E-state index contributed by atoms with van der Waals surface area (Å²) in [7, 11) is -3.67. The van der Waals surface area contributed by atoms with Gasteiger partial charge >= 0.3 is 0 Å². The van der Waals surface area contributed by atoms with E-state index in [0.29, 0.717) is 23.1 Å². The molecule has 1 saturated heterocycles. The van der Waals surface area contributed by atoms with Crippen molar-refractivity contribution in [1.29, 1.82) is 0 Å². The Morgan fingerprint density at radius 2 is 1.54 bits per heavy atom. The Morgan fingerprint density at radius 3 is 2.12 bits per heavy atom. The number of anilines is 1. The highest BCUT2D eigenvalue weighted by molar-refractivity contribution is 7.92. The van der Waals surface area contributed by atoms with Gasteiger partial charge in [0.1, 0.15) is 0 Å². The Labute approximate surface area is 155 Å². The Bertz CT molecular complexity index is 854. The maximum absolute atomic E-state index is 12.7. The van der Waals surface area contributed by atoms with E-state index in [1.165, 1.54) is 12.1 Å². The lowest BCUT2D eigenvalue weighted by molar-refractivity contribution is 0.0623. The monoisotopic (exact) mass is 372 g/mol. The number of likely N-dealkylation sites (tertiary alicyclic amines) is 1. The number of piperidine rings is 1. The van der Waals surface area contributed by atoms with Crippen LogP contribution in [0.1, 0.15) is 30.6 Å². The molecule has 1 amide bonds. The van der Waals surface area contributed by atoms with Crippen molar-refractivity contribution in [3.05, 3.63) is 60.2 Å². The summed E-state index contributed by atoms with van der Waals surface area (Å²) in [5.74, 6) is 0.929. The molecule has 3 rings (SSSR count). The molecule has 2 aromatic rings. The average Bonchev–Trinajstić information content (AvgIpc) is 2.61. The first-order valence-corrected chi connectivity index (χ1v) is 10.3. The van der Waals surface area contributed by atoms with Crippen molar-refractivity contribution >= 4 is 21.6 Å². The molecule has 0 saturated carbocycles. The van der Waals surface area contributed by atoms with E-state index in [4.69, 9.17) is 0 Å². The zero-order valence-electron chi connectivity index (χ0n) is 15.1. The van der Waals surface area contributed by atoms with Gasteiger partial charge in [0.25, 0.3) is 15.9 Å². The summed E-state index contributed by atoms with van der Waals surface area (Å²) < 4.78 is 27.5. The molecule has 2 atom stereocenters. The Balaban J connectivity index is 1.74. The van der Waals surface area contributed by atoms with E-state index in [-0.39, 0.29) is 10.8 Å². The van der Waals surface area contributed by atoms with Gasteiger partial charge in [-0.2, -0.15) is 0 Å². The summed E-state index contributed by atoms with van der Waals surface area (Å²) in [6.07, 6.45) is 1.13. The van der Waals surface area contributed by atoms with Crippen LogP contribution < -0.4 is 4.72 Å².